The van der Waals surface area contributed by atoms with Crippen molar-refractivity contribution in [1.82, 2.24) is 4.98 Å². The molecule has 3 nitrogen and oxygen atoms in total. The zero-order chi connectivity index (χ0) is 10.7. The van der Waals surface area contributed by atoms with Gasteiger partial charge in [-0.1, -0.05) is 6.07 Å². The van der Waals surface area contributed by atoms with Crippen molar-refractivity contribution in [1.29, 1.82) is 0 Å². The second-order valence-corrected chi connectivity index (χ2v) is 3.93. The molecule has 1 fully saturated rings. The molecule has 0 radical (unpaired) electrons. The summed E-state index contributed by atoms with van der Waals surface area (Å²) in [5.74, 6) is 0.0972. The molecule has 0 aliphatic carbocycles. The monoisotopic (exact) mass is 205 g/mol. The van der Waals surface area contributed by atoms with Crippen LogP contribution < -0.4 is 0 Å². The second kappa shape index (κ2) is 4.53. The number of carbonyl (C=O) groups is 1. The summed E-state index contributed by atoms with van der Waals surface area (Å²) < 4.78 is 5.44. The zero-order valence-electron chi connectivity index (χ0n) is 8.90. The summed E-state index contributed by atoms with van der Waals surface area (Å²) in [6, 6.07) is 3.76. The molecule has 1 aromatic heterocycles. The maximum Gasteiger partial charge on any atom is 0.184 e. The third-order valence-electron chi connectivity index (χ3n) is 2.71. The van der Waals surface area contributed by atoms with Gasteiger partial charge in [0.1, 0.15) is 5.69 Å². The Kier molecular flexibility index (Phi) is 3.11. The van der Waals surface area contributed by atoms with Gasteiger partial charge in [0.2, 0.25) is 0 Å². The number of aryl methyl sites for hydroxylation is 1. The highest BCUT2D eigenvalue weighted by atomic mass is 16.5. The van der Waals surface area contributed by atoms with Gasteiger partial charge in [-0.25, -0.2) is 0 Å². The number of Topliss-reactive ketones (excluding diaryl/α,β-unsaturated/α-hetero) is 1. The molecular formula is C12H15NO2. The van der Waals surface area contributed by atoms with Gasteiger partial charge in [0.25, 0.3) is 0 Å². The molecule has 0 saturated carbocycles. The summed E-state index contributed by atoms with van der Waals surface area (Å²) in [5.41, 5.74) is 1.54. The number of aromatic nitrogens is 1. The van der Waals surface area contributed by atoms with Crippen molar-refractivity contribution in [2.45, 2.75) is 32.3 Å². The standard InChI is InChI=1S/C12H15NO2/c1-9-4-2-6-13-12(9)11(14)8-10-5-3-7-15-10/h2,4,6,10H,3,5,7-8H2,1H3. The Morgan fingerprint density at radius 2 is 2.53 bits per heavy atom. The molecule has 1 saturated heterocycles. The average Bonchev–Trinajstić information content (AvgIpc) is 2.71. The van der Waals surface area contributed by atoms with Gasteiger partial charge in [0.15, 0.2) is 5.78 Å². The van der Waals surface area contributed by atoms with Crippen LogP contribution in [0.5, 0.6) is 0 Å². The maximum absolute atomic E-state index is 11.9. The molecule has 0 N–H and O–H groups in total. The molecule has 0 spiro atoms. The number of nitrogens with zero attached hydrogens (tertiary/aromatic N) is 1. The number of ketones is 1. The number of hydrogen-bond acceptors (Lipinski definition) is 3. The average molecular weight is 205 g/mol. The molecule has 80 valence electrons. The minimum atomic E-state index is 0.0972. The van der Waals surface area contributed by atoms with Gasteiger partial charge >= 0.3 is 0 Å². The van der Waals surface area contributed by atoms with E-state index in [9.17, 15) is 4.79 Å². The van der Waals surface area contributed by atoms with Gasteiger partial charge in [-0.15, -0.1) is 0 Å². The summed E-state index contributed by atoms with van der Waals surface area (Å²) in [6.45, 7) is 2.70. The molecule has 2 rings (SSSR count). The Bertz CT molecular complexity index is 356. The van der Waals surface area contributed by atoms with Crippen molar-refractivity contribution in [3.8, 4) is 0 Å². The van der Waals surface area contributed by atoms with Crippen molar-refractivity contribution in [3.05, 3.63) is 29.6 Å². The maximum atomic E-state index is 11.9. The van der Waals surface area contributed by atoms with E-state index in [1.165, 1.54) is 0 Å². The van der Waals surface area contributed by atoms with Crippen LogP contribution in [0.3, 0.4) is 0 Å². The van der Waals surface area contributed by atoms with Crippen LogP contribution in [-0.2, 0) is 4.74 Å². The third-order valence-corrected chi connectivity index (χ3v) is 2.71. The van der Waals surface area contributed by atoms with E-state index < -0.39 is 0 Å². The molecule has 3 heteroatoms. The number of hydrogen-bond donors (Lipinski definition) is 0. The molecule has 2 heterocycles. The molecule has 0 aromatic carbocycles. The van der Waals surface area contributed by atoms with Crippen LogP contribution in [0.2, 0.25) is 0 Å². The van der Waals surface area contributed by atoms with Gasteiger partial charge in [0, 0.05) is 19.2 Å². The fourth-order valence-electron chi connectivity index (χ4n) is 1.89. The van der Waals surface area contributed by atoms with Crippen LogP contribution in [0.25, 0.3) is 0 Å². The van der Waals surface area contributed by atoms with Crippen LogP contribution >= 0.6 is 0 Å². The minimum Gasteiger partial charge on any atom is -0.378 e. The van der Waals surface area contributed by atoms with Gasteiger partial charge in [0.05, 0.1) is 6.10 Å². The lowest BCUT2D eigenvalue weighted by Gasteiger charge is -2.08. The first-order valence-electron chi connectivity index (χ1n) is 5.34. The fourth-order valence-corrected chi connectivity index (χ4v) is 1.89. The highest BCUT2D eigenvalue weighted by molar-refractivity contribution is 5.95. The van der Waals surface area contributed by atoms with E-state index in [4.69, 9.17) is 4.74 Å². The molecule has 15 heavy (non-hydrogen) atoms. The first-order chi connectivity index (χ1) is 7.27. The summed E-state index contributed by atoms with van der Waals surface area (Å²) >= 11 is 0. The van der Waals surface area contributed by atoms with E-state index in [1.54, 1.807) is 6.20 Å². The molecule has 1 aliphatic rings. The number of rotatable bonds is 3. The van der Waals surface area contributed by atoms with E-state index in [-0.39, 0.29) is 11.9 Å². The predicted octanol–water partition coefficient (Wildman–Crippen LogP) is 2.14. The lowest BCUT2D eigenvalue weighted by molar-refractivity contribution is 0.0771. The summed E-state index contributed by atoms with van der Waals surface area (Å²) in [4.78, 5) is 16.0. The van der Waals surface area contributed by atoms with Crippen LogP contribution in [0, 0.1) is 6.92 Å². The van der Waals surface area contributed by atoms with Gasteiger partial charge in [-0.2, -0.15) is 0 Å². The Morgan fingerprint density at radius 3 is 3.20 bits per heavy atom. The van der Waals surface area contributed by atoms with Crippen molar-refractivity contribution >= 4 is 5.78 Å². The topological polar surface area (TPSA) is 39.2 Å². The SMILES string of the molecule is Cc1cccnc1C(=O)CC1CCCO1. The number of pyridine rings is 1. The van der Waals surface area contributed by atoms with Crippen LogP contribution in [0.15, 0.2) is 18.3 Å². The number of carbonyl (C=O) groups excluding carboxylic acids is 1. The highest BCUT2D eigenvalue weighted by Gasteiger charge is 2.21. The Labute approximate surface area is 89.5 Å². The molecule has 1 unspecified atom stereocenters. The van der Waals surface area contributed by atoms with Crippen molar-refractivity contribution in [2.75, 3.05) is 6.61 Å². The lowest BCUT2D eigenvalue weighted by atomic mass is 10.0. The van der Waals surface area contributed by atoms with Crippen molar-refractivity contribution in [2.24, 2.45) is 0 Å². The Morgan fingerprint density at radius 1 is 1.67 bits per heavy atom. The van der Waals surface area contributed by atoms with Crippen molar-refractivity contribution in [3.63, 3.8) is 0 Å². The summed E-state index contributed by atoms with van der Waals surface area (Å²) in [7, 11) is 0. The Hall–Kier alpha value is -1.22. The third kappa shape index (κ3) is 2.42. The normalized spacial score (nSPS) is 20.5. The van der Waals surface area contributed by atoms with E-state index in [1.807, 2.05) is 19.1 Å². The molecule has 0 amide bonds. The molecule has 1 aromatic rings. The molecular weight excluding hydrogens is 190 g/mol. The number of ether oxygens (including phenoxy) is 1. The lowest BCUT2D eigenvalue weighted by Crippen LogP contribution is -2.14. The van der Waals surface area contributed by atoms with Crippen molar-refractivity contribution < 1.29 is 9.53 Å². The molecule has 1 atom stereocenters. The van der Waals surface area contributed by atoms with Crippen LogP contribution in [0.4, 0.5) is 0 Å². The molecule has 1 aliphatic heterocycles. The summed E-state index contributed by atoms with van der Waals surface area (Å²) in [5, 5.41) is 0. The van der Waals surface area contributed by atoms with Crippen LogP contribution in [0.1, 0.15) is 35.3 Å². The first-order valence-corrected chi connectivity index (χ1v) is 5.34. The van der Waals surface area contributed by atoms with Gasteiger partial charge in [-0.05, 0) is 31.4 Å². The highest BCUT2D eigenvalue weighted by Crippen LogP contribution is 2.18. The summed E-state index contributed by atoms with van der Waals surface area (Å²) in [6.07, 6.45) is 4.31. The largest absolute Gasteiger partial charge is 0.378 e. The smallest absolute Gasteiger partial charge is 0.184 e. The van der Waals surface area contributed by atoms with E-state index >= 15 is 0 Å². The van der Waals surface area contributed by atoms with Crippen LogP contribution in [-0.4, -0.2) is 23.5 Å². The van der Waals surface area contributed by atoms with Gasteiger partial charge in [-0.3, -0.25) is 9.78 Å². The Balaban J connectivity index is 2.04. The zero-order valence-corrected chi connectivity index (χ0v) is 8.90. The first kappa shape index (κ1) is 10.3. The predicted molar refractivity (Wildman–Crippen MR) is 56.9 cm³/mol. The van der Waals surface area contributed by atoms with Gasteiger partial charge < -0.3 is 4.74 Å². The minimum absolute atomic E-state index is 0.0972. The molecule has 0 bridgehead atoms. The second-order valence-electron chi connectivity index (χ2n) is 3.93. The van der Waals surface area contributed by atoms with E-state index in [0.717, 1.165) is 25.0 Å². The quantitative estimate of drug-likeness (QED) is 0.710. The van der Waals surface area contributed by atoms with E-state index in [2.05, 4.69) is 4.98 Å². The van der Waals surface area contributed by atoms with E-state index in [0.29, 0.717) is 12.1 Å². The fraction of sp³-hybridized carbons (Fsp3) is 0.500.